The standard InChI is InChI=1S/C11H9N3O2.C9H7N3O3.CH4.Li.H2O/c1-3-16-11(15)9-6-13-10-5-4-8(12-2)7-14(9)10;10-8(13)5-1-2-7-11-3-6(9(14)15)12(7)4-5;;;/h4-7H,3H2,1H3;1-4H,(H2,10,13)(H,14,15);1H4;;1H2/q;;;+1;/p-1. The summed E-state index contributed by atoms with van der Waals surface area (Å²) in [4.78, 5) is 44.5. The molecule has 0 bridgehead atoms. The third-order valence-corrected chi connectivity index (χ3v) is 4.11. The predicted octanol–water partition coefficient (Wildman–Crippen LogP) is -0.344. The molecule has 0 unspecified atom stereocenters. The number of fused-ring (bicyclic) bond motifs is 2. The number of carboxylic acids is 1. The maximum absolute atomic E-state index is 11.6. The van der Waals surface area contributed by atoms with Gasteiger partial charge in [-0.15, -0.1) is 0 Å². The van der Waals surface area contributed by atoms with Crippen molar-refractivity contribution in [2.45, 2.75) is 14.4 Å². The van der Waals surface area contributed by atoms with Crippen LogP contribution in [0, 0.1) is 6.57 Å². The molecule has 0 radical (unpaired) electrons. The number of esters is 1. The number of amides is 1. The van der Waals surface area contributed by atoms with Crippen molar-refractivity contribution in [1.82, 2.24) is 18.8 Å². The van der Waals surface area contributed by atoms with Crippen LogP contribution in [0.1, 0.15) is 45.7 Å². The zero-order valence-corrected chi connectivity index (χ0v) is 17.7. The summed E-state index contributed by atoms with van der Waals surface area (Å²) in [6.45, 7) is 8.96. The van der Waals surface area contributed by atoms with Crippen LogP contribution >= 0.6 is 0 Å². The fraction of sp³-hybridized carbons (Fsp3) is 0.143. The Balaban J connectivity index is 0.000000590. The van der Waals surface area contributed by atoms with Crippen molar-refractivity contribution in [1.29, 1.82) is 0 Å². The fourth-order valence-electron chi connectivity index (χ4n) is 2.68. The molecule has 1 amide bonds. The van der Waals surface area contributed by atoms with Crippen LogP contribution in [0.5, 0.6) is 0 Å². The third-order valence-electron chi connectivity index (χ3n) is 4.11. The van der Waals surface area contributed by atoms with E-state index in [4.69, 9.17) is 22.1 Å². The van der Waals surface area contributed by atoms with Crippen molar-refractivity contribution in [3.05, 3.63) is 77.4 Å². The summed E-state index contributed by atoms with van der Waals surface area (Å²) in [7, 11) is 0. The predicted molar refractivity (Wildman–Crippen MR) is 117 cm³/mol. The molecule has 0 fully saturated rings. The van der Waals surface area contributed by atoms with Crippen molar-refractivity contribution in [3.63, 3.8) is 0 Å². The van der Waals surface area contributed by atoms with Crippen LogP contribution in [-0.4, -0.2) is 53.8 Å². The van der Waals surface area contributed by atoms with Gasteiger partial charge in [-0.3, -0.25) is 9.20 Å². The van der Waals surface area contributed by atoms with E-state index in [0.717, 1.165) is 0 Å². The topological polar surface area (TPSA) is 176 Å². The van der Waals surface area contributed by atoms with Crippen LogP contribution in [0.2, 0.25) is 0 Å². The molecule has 0 aliphatic rings. The largest absolute Gasteiger partial charge is 1.00 e. The van der Waals surface area contributed by atoms with Crippen molar-refractivity contribution >= 4 is 34.8 Å². The average Bonchev–Trinajstić information content (AvgIpc) is 3.37. The van der Waals surface area contributed by atoms with Gasteiger partial charge in [0, 0.05) is 12.4 Å². The Morgan fingerprint density at radius 3 is 2.15 bits per heavy atom. The van der Waals surface area contributed by atoms with Gasteiger partial charge in [-0.25, -0.2) is 24.4 Å². The minimum absolute atomic E-state index is 0. The molecule has 0 aromatic carbocycles. The molecule has 4 heterocycles. The molecular formula is C21H21LiN6O6. The quantitative estimate of drug-likeness (QED) is 0.236. The van der Waals surface area contributed by atoms with Crippen LogP contribution in [0.4, 0.5) is 5.69 Å². The first-order valence-electron chi connectivity index (χ1n) is 8.87. The number of rotatable bonds is 4. The number of carbonyl (C=O) groups is 3. The molecular weight excluding hydrogens is 439 g/mol. The summed E-state index contributed by atoms with van der Waals surface area (Å²) in [6.07, 6.45) is 5.60. The number of nitrogens with zero attached hydrogens (tertiary/aromatic N) is 5. The van der Waals surface area contributed by atoms with Crippen molar-refractivity contribution < 1.29 is 48.6 Å². The van der Waals surface area contributed by atoms with E-state index in [1.54, 1.807) is 29.7 Å². The smallest absolute Gasteiger partial charge is 0.870 e. The summed E-state index contributed by atoms with van der Waals surface area (Å²) in [6, 6.07) is 6.38. The number of hydrogen-bond acceptors (Lipinski definition) is 7. The molecule has 13 heteroatoms. The van der Waals surface area contributed by atoms with Gasteiger partial charge in [0.2, 0.25) is 11.6 Å². The maximum atomic E-state index is 11.6. The minimum atomic E-state index is -1.11. The monoisotopic (exact) mass is 460 g/mol. The Morgan fingerprint density at radius 2 is 1.62 bits per heavy atom. The first-order chi connectivity index (χ1) is 14.8. The van der Waals surface area contributed by atoms with E-state index >= 15 is 0 Å². The van der Waals surface area contributed by atoms with E-state index in [1.165, 1.54) is 35.1 Å². The second-order valence-electron chi connectivity index (χ2n) is 6.05. The molecule has 4 aromatic heterocycles. The van der Waals surface area contributed by atoms with Gasteiger partial charge in [0.1, 0.15) is 11.3 Å². The Hall–Kier alpha value is -4.16. The number of primary amides is 1. The van der Waals surface area contributed by atoms with Crippen molar-refractivity contribution in [2.24, 2.45) is 5.73 Å². The van der Waals surface area contributed by atoms with E-state index in [9.17, 15) is 14.4 Å². The van der Waals surface area contributed by atoms with Gasteiger partial charge >= 0.3 is 30.8 Å². The average molecular weight is 460 g/mol. The second-order valence-corrected chi connectivity index (χ2v) is 6.05. The maximum Gasteiger partial charge on any atom is 1.00 e. The third kappa shape index (κ3) is 6.21. The molecule has 4 aromatic rings. The van der Waals surface area contributed by atoms with Gasteiger partial charge in [0.15, 0.2) is 11.4 Å². The Morgan fingerprint density at radius 1 is 1.06 bits per heavy atom. The zero-order chi connectivity index (χ0) is 22.5. The molecule has 34 heavy (non-hydrogen) atoms. The van der Waals surface area contributed by atoms with Gasteiger partial charge in [-0.05, 0) is 25.1 Å². The number of pyridine rings is 2. The summed E-state index contributed by atoms with van der Waals surface area (Å²) in [5, 5.41) is 8.82. The van der Waals surface area contributed by atoms with Crippen molar-refractivity contribution in [3.8, 4) is 0 Å². The normalized spacial score (nSPS) is 9.29. The summed E-state index contributed by atoms with van der Waals surface area (Å²) in [5.41, 5.74) is 7.18. The molecule has 0 atom stereocenters. The molecule has 4 rings (SSSR count). The number of imidazole rings is 2. The van der Waals surface area contributed by atoms with Gasteiger partial charge in [-0.2, -0.15) is 0 Å². The van der Waals surface area contributed by atoms with Crippen LogP contribution in [0.3, 0.4) is 0 Å². The Kier molecular flexibility index (Phi) is 11.2. The molecule has 4 N–H and O–H groups in total. The molecule has 0 spiro atoms. The summed E-state index contributed by atoms with van der Waals surface area (Å²) >= 11 is 0. The van der Waals surface area contributed by atoms with Crippen LogP contribution in [0.25, 0.3) is 16.1 Å². The summed E-state index contributed by atoms with van der Waals surface area (Å²) < 4.78 is 7.76. The number of hydrogen-bond donors (Lipinski definition) is 2. The number of nitrogens with two attached hydrogens (primary N) is 1. The summed E-state index contributed by atoms with van der Waals surface area (Å²) in [5.74, 6) is -2.15. The fourth-order valence-corrected chi connectivity index (χ4v) is 2.68. The van der Waals surface area contributed by atoms with Crippen LogP contribution in [0.15, 0.2) is 49.1 Å². The van der Waals surface area contributed by atoms with E-state index < -0.39 is 17.8 Å². The minimum Gasteiger partial charge on any atom is -0.870 e. The van der Waals surface area contributed by atoms with Gasteiger partial charge < -0.3 is 25.5 Å². The number of aromatic nitrogens is 4. The van der Waals surface area contributed by atoms with Crippen LogP contribution < -0.4 is 24.6 Å². The molecule has 0 saturated heterocycles. The number of carboxylic acid groups (broad SMARTS) is 1. The van der Waals surface area contributed by atoms with Gasteiger partial charge in [0.05, 0.1) is 31.1 Å². The van der Waals surface area contributed by atoms with E-state index in [0.29, 0.717) is 29.3 Å². The Labute approximate surface area is 206 Å². The molecule has 0 saturated carbocycles. The van der Waals surface area contributed by atoms with E-state index in [1.807, 2.05) is 0 Å². The zero-order valence-electron chi connectivity index (χ0n) is 17.7. The SMILES string of the molecule is C.NC(=O)c1ccc2ncc(C(=O)O)n2c1.[C-]#[N+]c1ccc2ncc(C(=O)OCC)n2c1.[Li+].[OH-]. The van der Waals surface area contributed by atoms with Gasteiger partial charge in [-0.1, -0.05) is 13.5 Å². The number of aromatic carboxylic acids is 1. The molecule has 12 nitrogen and oxygen atoms in total. The van der Waals surface area contributed by atoms with Gasteiger partial charge in [0.25, 0.3) is 0 Å². The Bertz CT molecular complexity index is 1360. The van der Waals surface area contributed by atoms with Crippen LogP contribution in [-0.2, 0) is 4.74 Å². The molecule has 0 aliphatic carbocycles. The first kappa shape index (κ1) is 29.8. The second kappa shape index (κ2) is 12.8. The number of ether oxygens (including phenoxy) is 1. The molecule has 172 valence electrons. The van der Waals surface area contributed by atoms with E-state index in [-0.39, 0.29) is 43.0 Å². The number of carbonyl (C=O) groups excluding carboxylic acids is 2. The van der Waals surface area contributed by atoms with Crippen molar-refractivity contribution in [2.75, 3.05) is 6.61 Å². The molecule has 0 aliphatic heterocycles. The van der Waals surface area contributed by atoms with E-state index in [2.05, 4.69) is 14.8 Å². The first-order valence-corrected chi connectivity index (χ1v) is 8.87.